The van der Waals surface area contributed by atoms with Gasteiger partial charge in [0, 0.05) is 22.3 Å². The lowest BCUT2D eigenvalue weighted by molar-refractivity contribution is 0.464. The summed E-state index contributed by atoms with van der Waals surface area (Å²) in [7, 11) is 0. The van der Waals surface area contributed by atoms with Gasteiger partial charge in [-0.25, -0.2) is 4.98 Å². The fourth-order valence-electron chi connectivity index (χ4n) is 2.09. The van der Waals surface area contributed by atoms with Gasteiger partial charge in [-0.2, -0.15) is 0 Å². The molecule has 3 aromatic rings. The molecule has 3 rings (SSSR count). The number of aryl methyl sites for hydroxylation is 1. The quantitative estimate of drug-likeness (QED) is 0.618. The van der Waals surface area contributed by atoms with Crippen LogP contribution in [0.4, 0.5) is 0 Å². The van der Waals surface area contributed by atoms with Crippen LogP contribution >= 0.6 is 15.9 Å². The van der Waals surface area contributed by atoms with Crippen LogP contribution in [0.5, 0.6) is 11.6 Å². The number of aromatic nitrogens is 1. The van der Waals surface area contributed by atoms with Gasteiger partial charge < -0.3 is 4.74 Å². The van der Waals surface area contributed by atoms with Gasteiger partial charge in [-0.1, -0.05) is 48.5 Å². The third kappa shape index (κ3) is 3.14. The maximum Gasteiger partial charge on any atom is 0.219 e. The molecule has 0 amide bonds. The predicted octanol–water partition coefficient (Wildman–Crippen LogP) is 5.61. The van der Waals surface area contributed by atoms with E-state index in [1.165, 1.54) is 0 Å². The predicted molar refractivity (Wildman–Crippen MR) is 88.6 cm³/mol. The van der Waals surface area contributed by atoms with E-state index in [0.717, 1.165) is 26.9 Å². The molecule has 0 saturated carbocycles. The second-order valence-corrected chi connectivity index (χ2v) is 5.59. The number of hydrogen-bond donors (Lipinski definition) is 0. The standard InChI is InChI=1S/C18H14BrNO/c1-13-11-18(20-12-16(13)19)21-17-10-6-5-9-15(17)14-7-3-2-4-8-14/h2-12H,1H3. The first-order chi connectivity index (χ1) is 10.2. The number of nitrogens with zero attached hydrogens (tertiary/aromatic N) is 1. The molecule has 0 atom stereocenters. The fourth-order valence-corrected chi connectivity index (χ4v) is 2.31. The molecule has 0 unspecified atom stereocenters. The Morgan fingerprint density at radius 1 is 0.952 bits per heavy atom. The van der Waals surface area contributed by atoms with Crippen molar-refractivity contribution in [2.24, 2.45) is 0 Å². The van der Waals surface area contributed by atoms with Crippen LogP contribution in [0.2, 0.25) is 0 Å². The number of hydrogen-bond acceptors (Lipinski definition) is 2. The highest BCUT2D eigenvalue weighted by Gasteiger charge is 2.08. The Hall–Kier alpha value is -2.13. The van der Waals surface area contributed by atoms with E-state index in [-0.39, 0.29) is 0 Å². The van der Waals surface area contributed by atoms with Gasteiger partial charge in [0.25, 0.3) is 0 Å². The van der Waals surface area contributed by atoms with Gasteiger partial charge in [-0.3, -0.25) is 0 Å². The van der Waals surface area contributed by atoms with Crippen molar-refractivity contribution >= 4 is 15.9 Å². The molecule has 1 aromatic heterocycles. The molecule has 0 bridgehead atoms. The second kappa shape index (κ2) is 6.10. The molecule has 21 heavy (non-hydrogen) atoms. The molecule has 0 fully saturated rings. The number of rotatable bonds is 3. The maximum atomic E-state index is 5.97. The molecule has 0 radical (unpaired) electrons. The van der Waals surface area contributed by atoms with Crippen molar-refractivity contribution in [3.05, 3.63) is 76.9 Å². The number of pyridine rings is 1. The summed E-state index contributed by atoms with van der Waals surface area (Å²) < 4.78 is 6.95. The summed E-state index contributed by atoms with van der Waals surface area (Å²) in [5.41, 5.74) is 3.28. The first kappa shape index (κ1) is 13.8. The molecule has 0 aliphatic rings. The van der Waals surface area contributed by atoms with Crippen molar-refractivity contribution in [2.45, 2.75) is 6.92 Å². The van der Waals surface area contributed by atoms with E-state index in [4.69, 9.17) is 4.74 Å². The van der Waals surface area contributed by atoms with Gasteiger partial charge in [0.1, 0.15) is 5.75 Å². The van der Waals surface area contributed by atoms with Crippen molar-refractivity contribution < 1.29 is 4.74 Å². The van der Waals surface area contributed by atoms with E-state index in [0.29, 0.717) is 5.88 Å². The van der Waals surface area contributed by atoms with Crippen molar-refractivity contribution in [1.29, 1.82) is 0 Å². The highest BCUT2D eigenvalue weighted by atomic mass is 79.9. The highest BCUT2D eigenvalue weighted by molar-refractivity contribution is 9.10. The van der Waals surface area contributed by atoms with Crippen molar-refractivity contribution in [2.75, 3.05) is 0 Å². The molecule has 0 saturated heterocycles. The zero-order valence-electron chi connectivity index (χ0n) is 11.6. The van der Waals surface area contributed by atoms with Gasteiger partial charge in [0.2, 0.25) is 5.88 Å². The number of halogens is 1. The molecule has 1 heterocycles. The lowest BCUT2D eigenvalue weighted by Crippen LogP contribution is -1.91. The van der Waals surface area contributed by atoms with Gasteiger partial charge in [0.05, 0.1) is 0 Å². The van der Waals surface area contributed by atoms with Crippen LogP contribution in [0.3, 0.4) is 0 Å². The number of benzene rings is 2. The molecule has 2 aromatic carbocycles. The Labute approximate surface area is 132 Å². The molecule has 3 heteroatoms. The summed E-state index contributed by atoms with van der Waals surface area (Å²) in [6, 6.07) is 20.1. The van der Waals surface area contributed by atoms with E-state index >= 15 is 0 Å². The summed E-state index contributed by atoms with van der Waals surface area (Å²) in [6.45, 7) is 2.02. The van der Waals surface area contributed by atoms with E-state index < -0.39 is 0 Å². The number of para-hydroxylation sites is 1. The third-order valence-electron chi connectivity index (χ3n) is 3.21. The summed E-state index contributed by atoms with van der Waals surface area (Å²) in [5, 5.41) is 0. The van der Waals surface area contributed by atoms with Gasteiger partial charge in [0.15, 0.2) is 0 Å². The van der Waals surface area contributed by atoms with Gasteiger partial charge in [-0.05, 0) is 40.0 Å². The van der Waals surface area contributed by atoms with Crippen LogP contribution in [-0.2, 0) is 0 Å². The molecule has 104 valence electrons. The lowest BCUT2D eigenvalue weighted by Gasteiger charge is -2.11. The summed E-state index contributed by atoms with van der Waals surface area (Å²) in [5.74, 6) is 1.40. The normalized spacial score (nSPS) is 10.4. The Morgan fingerprint density at radius 3 is 2.43 bits per heavy atom. The molecule has 2 nitrogen and oxygen atoms in total. The summed E-state index contributed by atoms with van der Waals surface area (Å²) >= 11 is 3.45. The molecule has 0 aliphatic heterocycles. The van der Waals surface area contributed by atoms with Crippen LogP contribution in [0, 0.1) is 6.92 Å². The van der Waals surface area contributed by atoms with Crippen LogP contribution in [0.1, 0.15) is 5.56 Å². The SMILES string of the molecule is Cc1cc(Oc2ccccc2-c2ccccc2)ncc1Br. The topological polar surface area (TPSA) is 22.1 Å². The first-order valence-corrected chi connectivity index (χ1v) is 7.48. The van der Waals surface area contributed by atoms with Crippen LogP contribution < -0.4 is 4.74 Å². The van der Waals surface area contributed by atoms with E-state index in [9.17, 15) is 0 Å². The first-order valence-electron chi connectivity index (χ1n) is 6.68. The third-order valence-corrected chi connectivity index (χ3v) is 4.04. The largest absolute Gasteiger partial charge is 0.438 e. The minimum absolute atomic E-state index is 0.596. The minimum Gasteiger partial charge on any atom is -0.438 e. The fraction of sp³-hybridized carbons (Fsp3) is 0.0556. The van der Waals surface area contributed by atoms with Gasteiger partial charge in [-0.15, -0.1) is 0 Å². The average Bonchev–Trinajstić information content (AvgIpc) is 2.52. The Bertz CT molecular complexity index is 756. The van der Waals surface area contributed by atoms with Crippen LogP contribution in [-0.4, -0.2) is 4.98 Å². The highest BCUT2D eigenvalue weighted by Crippen LogP contribution is 2.33. The molecular formula is C18H14BrNO. The summed E-state index contributed by atoms with van der Waals surface area (Å²) in [6.07, 6.45) is 1.76. The Balaban J connectivity index is 1.98. The van der Waals surface area contributed by atoms with Gasteiger partial charge >= 0.3 is 0 Å². The minimum atomic E-state index is 0.596. The van der Waals surface area contributed by atoms with E-state index in [2.05, 4.69) is 39.1 Å². The Morgan fingerprint density at radius 2 is 1.67 bits per heavy atom. The lowest BCUT2D eigenvalue weighted by atomic mass is 10.1. The summed E-state index contributed by atoms with van der Waals surface area (Å²) in [4.78, 5) is 4.30. The van der Waals surface area contributed by atoms with Crippen LogP contribution in [0.15, 0.2) is 71.3 Å². The number of ether oxygens (including phenoxy) is 1. The maximum absolute atomic E-state index is 5.97. The second-order valence-electron chi connectivity index (χ2n) is 4.74. The zero-order chi connectivity index (χ0) is 14.7. The molecule has 0 spiro atoms. The van der Waals surface area contributed by atoms with E-state index in [1.54, 1.807) is 6.20 Å². The molecular weight excluding hydrogens is 326 g/mol. The zero-order valence-corrected chi connectivity index (χ0v) is 13.2. The van der Waals surface area contributed by atoms with E-state index in [1.807, 2.05) is 49.4 Å². The average molecular weight is 340 g/mol. The van der Waals surface area contributed by atoms with Crippen molar-refractivity contribution in [3.63, 3.8) is 0 Å². The smallest absolute Gasteiger partial charge is 0.219 e. The van der Waals surface area contributed by atoms with Crippen molar-refractivity contribution in [1.82, 2.24) is 4.98 Å². The Kier molecular flexibility index (Phi) is 4.02. The molecule has 0 aliphatic carbocycles. The molecule has 0 N–H and O–H groups in total. The van der Waals surface area contributed by atoms with Crippen LogP contribution in [0.25, 0.3) is 11.1 Å². The van der Waals surface area contributed by atoms with Crippen molar-refractivity contribution in [3.8, 4) is 22.8 Å². The monoisotopic (exact) mass is 339 g/mol.